The van der Waals surface area contributed by atoms with Crippen LogP contribution in [0.15, 0.2) is 48.5 Å². The van der Waals surface area contributed by atoms with Crippen molar-refractivity contribution in [2.75, 3.05) is 11.9 Å². The summed E-state index contributed by atoms with van der Waals surface area (Å²) in [6.07, 6.45) is 0.691. The van der Waals surface area contributed by atoms with E-state index < -0.39 is 0 Å². The average Bonchev–Trinajstić information content (AvgIpc) is 2.49. The molecule has 1 amide bonds. The van der Waals surface area contributed by atoms with Crippen LogP contribution >= 0.6 is 11.6 Å². The molecular weight excluding hydrogens is 274 g/mol. The number of fused-ring (bicyclic) bond motifs is 1. The van der Waals surface area contributed by atoms with Crippen LogP contribution in [0.25, 0.3) is 0 Å². The summed E-state index contributed by atoms with van der Waals surface area (Å²) in [6, 6.07) is 14.8. The van der Waals surface area contributed by atoms with Gasteiger partial charge in [0.15, 0.2) is 0 Å². The molecule has 0 saturated carbocycles. The van der Waals surface area contributed by atoms with Crippen molar-refractivity contribution in [3.05, 3.63) is 59.1 Å². The first-order valence-corrected chi connectivity index (χ1v) is 6.90. The molecule has 1 unspecified atom stereocenters. The van der Waals surface area contributed by atoms with Gasteiger partial charge in [-0.1, -0.05) is 29.8 Å². The number of carbonyl (C=O) groups excluding carboxylic acids is 1. The molecule has 1 atom stereocenters. The van der Waals surface area contributed by atoms with Gasteiger partial charge in [-0.3, -0.25) is 4.79 Å². The van der Waals surface area contributed by atoms with Crippen LogP contribution in [-0.4, -0.2) is 12.5 Å². The minimum absolute atomic E-state index is 0.0110. The standard InChI is InChI=1S/C16H14ClNO2/c17-11-5-7-12(8-6-11)18-16(19)14-9-10-20-15-4-2-1-3-13(14)15/h1-8,14H,9-10H2,(H,18,19). The van der Waals surface area contributed by atoms with Crippen LogP contribution < -0.4 is 10.1 Å². The molecule has 0 radical (unpaired) electrons. The fourth-order valence-corrected chi connectivity index (χ4v) is 2.50. The highest BCUT2D eigenvalue weighted by atomic mass is 35.5. The van der Waals surface area contributed by atoms with E-state index >= 15 is 0 Å². The van der Waals surface area contributed by atoms with Gasteiger partial charge in [0.1, 0.15) is 5.75 Å². The maximum absolute atomic E-state index is 12.4. The number of hydrogen-bond acceptors (Lipinski definition) is 2. The monoisotopic (exact) mass is 287 g/mol. The van der Waals surface area contributed by atoms with E-state index in [9.17, 15) is 4.79 Å². The first-order valence-electron chi connectivity index (χ1n) is 6.52. The Morgan fingerprint density at radius 2 is 1.90 bits per heavy atom. The lowest BCUT2D eigenvalue weighted by atomic mass is 9.92. The maximum atomic E-state index is 12.4. The highest BCUT2D eigenvalue weighted by Gasteiger charge is 2.27. The number of nitrogens with one attached hydrogen (secondary N) is 1. The van der Waals surface area contributed by atoms with Crippen LogP contribution in [0, 0.1) is 0 Å². The highest BCUT2D eigenvalue weighted by Crippen LogP contribution is 2.34. The molecule has 0 bridgehead atoms. The zero-order chi connectivity index (χ0) is 13.9. The van der Waals surface area contributed by atoms with Gasteiger partial charge in [0.2, 0.25) is 5.91 Å². The molecule has 1 aliphatic rings. The minimum Gasteiger partial charge on any atom is -0.493 e. The average molecular weight is 288 g/mol. The third kappa shape index (κ3) is 2.63. The first-order chi connectivity index (χ1) is 9.74. The molecule has 0 saturated heterocycles. The molecule has 0 aliphatic carbocycles. The topological polar surface area (TPSA) is 38.3 Å². The molecule has 0 aromatic heterocycles. The van der Waals surface area contributed by atoms with Gasteiger partial charge in [0.25, 0.3) is 0 Å². The summed E-state index contributed by atoms with van der Waals surface area (Å²) in [7, 11) is 0. The van der Waals surface area contributed by atoms with Crippen LogP contribution in [-0.2, 0) is 4.79 Å². The SMILES string of the molecule is O=C(Nc1ccc(Cl)cc1)C1CCOc2ccccc21. The Hall–Kier alpha value is -2.00. The normalized spacial score (nSPS) is 16.9. The second-order valence-electron chi connectivity index (χ2n) is 4.72. The Kier molecular flexibility index (Phi) is 3.61. The number of amides is 1. The Labute approximate surface area is 122 Å². The molecule has 0 fully saturated rings. The number of benzene rings is 2. The number of para-hydroxylation sites is 1. The quantitative estimate of drug-likeness (QED) is 0.911. The number of rotatable bonds is 2. The number of halogens is 1. The summed E-state index contributed by atoms with van der Waals surface area (Å²) >= 11 is 5.83. The van der Waals surface area contributed by atoms with Crippen molar-refractivity contribution in [3.8, 4) is 5.75 Å². The van der Waals surface area contributed by atoms with E-state index in [-0.39, 0.29) is 11.8 Å². The molecule has 4 heteroatoms. The van der Waals surface area contributed by atoms with E-state index in [4.69, 9.17) is 16.3 Å². The van der Waals surface area contributed by atoms with Gasteiger partial charge in [0, 0.05) is 16.3 Å². The van der Waals surface area contributed by atoms with Gasteiger partial charge >= 0.3 is 0 Å². The second kappa shape index (κ2) is 5.55. The Morgan fingerprint density at radius 3 is 2.70 bits per heavy atom. The van der Waals surface area contributed by atoms with Crippen LogP contribution in [0.5, 0.6) is 5.75 Å². The van der Waals surface area contributed by atoms with E-state index in [2.05, 4.69) is 5.32 Å². The third-order valence-corrected chi connectivity index (χ3v) is 3.64. The largest absolute Gasteiger partial charge is 0.493 e. The van der Waals surface area contributed by atoms with E-state index in [0.717, 1.165) is 17.0 Å². The lowest BCUT2D eigenvalue weighted by molar-refractivity contribution is -0.118. The molecule has 2 aromatic carbocycles. The maximum Gasteiger partial charge on any atom is 0.232 e. The van der Waals surface area contributed by atoms with E-state index in [1.165, 1.54) is 0 Å². The number of ether oxygens (including phenoxy) is 1. The number of hydrogen-bond donors (Lipinski definition) is 1. The van der Waals surface area contributed by atoms with Crippen LogP contribution in [0.4, 0.5) is 5.69 Å². The fraction of sp³-hybridized carbons (Fsp3) is 0.188. The van der Waals surface area contributed by atoms with Gasteiger partial charge < -0.3 is 10.1 Å². The van der Waals surface area contributed by atoms with Crippen molar-refractivity contribution in [1.82, 2.24) is 0 Å². The zero-order valence-electron chi connectivity index (χ0n) is 10.8. The fourth-order valence-electron chi connectivity index (χ4n) is 2.38. The number of carbonyl (C=O) groups is 1. The molecule has 3 nitrogen and oxygen atoms in total. The van der Waals surface area contributed by atoms with Crippen LogP contribution in [0.3, 0.4) is 0 Å². The van der Waals surface area contributed by atoms with Gasteiger partial charge in [0.05, 0.1) is 12.5 Å². The highest BCUT2D eigenvalue weighted by molar-refractivity contribution is 6.30. The molecule has 1 N–H and O–H groups in total. The molecule has 1 aliphatic heterocycles. The lowest BCUT2D eigenvalue weighted by Crippen LogP contribution is -2.26. The zero-order valence-corrected chi connectivity index (χ0v) is 11.6. The summed E-state index contributed by atoms with van der Waals surface area (Å²) in [6.45, 7) is 0.565. The third-order valence-electron chi connectivity index (χ3n) is 3.39. The summed E-state index contributed by atoms with van der Waals surface area (Å²) in [5.74, 6) is 0.619. The van der Waals surface area contributed by atoms with Gasteiger partial charge in [-0.2, -0.15) is 0 Å². The molecule has 0 spiro atoms. The summed E-state index contributed by atoms with van der Waals surface area (Å²) in [5, 5.41) is 3.58. The Bertz CT molecular complexity index is 625. The second-order valence-corrected chi connectivity index (χ2v) is 5.16. The molecule has 1 heterocycles. The summed E-state index contributed by atoms with van der Waals surface area (Å²) < 4.78 is 5.57. The smallest absolute Gasteiger partial charge is 0.232 e. The summed E-state index contributed by atoms with van der Waals surface area (Å²) in [5.41, 5.74) is 1.70. The predicted octanol–water partition coefficient (Wildman–Crippen LogP) is 3.84. The molecule has 3 rings (SSSR count). The number of anilines is 1. The van der Waals surface area contributed by atoms with Crippen molar-refractivity contribution in [1.29, 1.82) is 0 Å². The van der Waals surface area contributed by atoms with E-state index in [0.29, 0.717) is 18.1 Å². The van der Waals surface area contributed by atoms with Crippen molar-refractivity contribution in [2.45, 2.75) is 12.3 Å². The van der Waals surface area contributed by atoms with Crippen molar-refractivity contribution in [2.24, 2.45) is 0 Å². The molecule has 102 valence electrons. The Balaban J connectivity index is 1.80. The van der Waals surface area contributed by atoms with Crippen LogP contribution in [0.2, 0.25) is 5.02 Å². The predicted molar refractivity (Wildman–Crippen MR) is 79.4 cm³/mol. The first kappa shape index (κ1) is 13.0. The van der Waals surface area contributed by atoms with Gasteiger partial charge in [-0.15, -0.1) is 0 Å². The van der Waals surface area contributed by atoms with E-state index in [1.807, 2.05) is 24.3 Å². The van der Waals surface area contributed by atoms with Crippen molar-refractivity contribution < 1.29 is 9.53 Å². The minimum atomic E-state index is -0.171. The van der Waals surface area contributed by atoms with Crippen LogP contribution in [0.1, 0.15) is 17.9 Å². The molecular formula is C16H14ClNO2. The van der Waals surface area contributed by atoms with Crippen molar-refractivity contribution >= 4 is 23.2 Å². The molecule has 2 aromatic rings. The Morgan fingerprint density at radius 1 is 1.15 bits per heavy atom. The van der Waals surface area contributed by atoms with Gasteiger partial charge in [-0.05, 0) is 36.8 Å². The summed E-state index contributed by atoms with van der Waals surface area (Å²) in [4.78, 5) is 12.4. The lowest BCUT2D eigenvalue weighted by Gasteiger charge is -2.25. The van der Waals surface area contributed by atoms with E-state index in [1.54, 1.807) is 24.3 Å². The van der Waals surface area contributed by atoms with Gasteiger partial charge in [-0.25, -0.2) is 0 Å². The van der Waals surface area contributed by atoms with Crippen molar-refractivity contribution in [3.63, 3.8) is 0 Å². The molecule has 20 heavy (non-hydrogen) atoms.